The summed E-state index contributed by atoms with van der Waals surface area (Å²) in [5, 5.41) is 12.1. The van der Waals surface area contributed by atoms with E-state index < -0.39 is 11.9 Å². The summed E-state index contributed by atoms with van der Waals surface area (Å²) in [7, 11) is 0. The van der Waals surface area contributed by atoms with E-state index in [0.29, 0.717) is 19.5 Å². The lowest BCUT2D eigenvalue weighted by molar-refractivity contribution is -0.143. The van der Waals surface area contributed by atoms with Crippen LogP contribution in [-0.2, 0) is 17.1 Å². The molecule has 0 aromatic heterocycles. The van der Waals surface area contributed by atoms with Crippen LogP contribution in [0.5, 0.6) is 0 Å². The Balaban J connectivity index is 1.91. The van der Waals surface area contributed by atoms with Crippen molar-refractivity contribution in [2.24, 2.45) is 11.8 Å². The minimum atomic E-state index is -0.820. The Bertz CT molecular complexity index is 565. The zero-order valence-electron chi connectivity index (χ0n) is 13.6. The number of likely N-dealkylation sites (tertiary alicyclic amines) is 1. The van der Waals surface area contributed by atoms with Crippen LogP contribution in [0.25, 0.3) is 0 Å². The summed E-state index contributed by atoms with van der Waals surface area (Å²) < 4.78 is 0. The number of urea groups is 1. The first-order valence-corrected chi connectivity index (χ1v) is 9.21. The summed E-state index contributed by atoms with van der Waals surface area (Å²) in [6.07, 6.45) is 2.70. The monoisotopic (exact) mass is 336 g/mol. The Kier molecular flexibility index (Phi) is 6.33. The molecule has 2 atom stereocenters. The van der Waals surface area contributed by atoms with Crippen molar-refractivity contribution in [1.29, 1.82) is 0 Å². The number of carboxylic acids is 1. The molecular formula is C17H24N2O3S. The molecule has 6 heteroatoms. The van der Waals surface area contributed by atoms with Gasteiger partial charge >= 0.3 is 12.0 Å². The molecule has 2 unspecified atom stereocenters. The van der Waals surface area contributed by atoms with Crippen LogP contribution in [-0.4, -0.2) is 41.4 Å². The molecule has 1 fully saturated rings. The van der Waals surface area contributed by atoms with Crippen molar-refractivity contribution in [1.82, 2.24) is 10.2 Å². The minimum Gasteiger partial charge on any atom is -0.481 e. The number of aliphatic carboxylic acids is 1. The number of thioether (sulfide) groups is 1. The molecule has 126 valence electrons. The zero-order valence-corrected chi connectivity index (χ0v) is 14.4. The van der Waals surface area contributed by atoms with Gasteiger partial charge in [-0.05, 0) is 29.7 Å². The largest absolute Gasteiger partial charge is 0.481 e. The van der Waals surface area contributed by atoms with Gasteiger partial charge in [-0.1, -0.05) is 31.2 Å². The molecule has 0 spiro atoms. The van der Waals surface area contributed by atoms with E-state index >= 15 is 0 Å². The third-order valence-electron chi connectivity index (χ3n) is 4.04. The van der Waals surface area contributed by atoms with Gasteiger partial charge in [0, 0.05) is 25.4 Å². The molecule has 2 rings (SSSR count). The lowest BCUT2D eigenvalue weighted by atomic mass is 9.91. The van der Waals surface area contributed by atoms with E-state index in [2.05, 4.69) is 23.7 Å². The van der Waals surface area contributed by atoms with Gasteiger partial charge in [0.1, 0.15) is 0 Å². The smallest absolute Gasteiger partial charge is 0.317 e. The molecule has 5 nitrogen and oxygen atoms in total. The number of carboxylic acid groups (broad SMARTS) is 1. The highest BCUT2D eigenvalue weighted by Gasteiger charge is 2.31. The second-order valence-corrected chi connectivity index (χ2v) is 7.06. The second kappa shape index (κ2) is 8.24. The number of nitrogens with one attached hydrogen (secondary N) is 1. The number of rotatable bonds is 5. The van der Waals surface area contributed by atoms with Crippen molar-refractivity contribution in [3.05, 3.63) is 35.4 Å². The third-order valence-corrected chi connectivity index (χ3v) is 4.66. The Labute approximate surface area is 141 Å². The van der Waals surface area contributed by atoms with Crippen molar-refractivity contribution >= 4 is 23.8 Å². The van der Waals surface area contributed by atoms with Gasteiger partial charge in [-0.15, -0.1) is 0 Å². The zero-order chi connectivity index (χ0) is 16.8. The second-order valence-electron chi connectivity index (χ2n) is 6.19. The SMILES string of the molecule is CSCc1cccc(CNC(=O)N2CC(C)CC(C(=O)O)C2)c1. The van der Waals surface area contributed by atoms with Crippen LogP contribution in [0.3, 0.4) is 0 Å². The summed E-state index contributed by atoms with van der Waals surface area (Å²) in [4.78, 5) is 25.1. The van der Waals surface area contributed by atoms with E-state index in [1.807, 2.05) is 19.1 Å². The van der Waals surface area contributed by atoms with Gasteiger partial charge in [0.2, 0.25) is 0 Å². The predicted octanol–water partition coefficient (Wildman–Crippen LogP) is 2.80. The molecule has 23 heavy (non-hydrogen) atoms. The highest BCUT2D eigenvalue weighted by Crippen LogP contribution is 2.21. The maximum Gasteiger partial charge on any atom is 0.317 e. The Morgan fingerprint density at radius 3 is 2.78 bits per heavy atom. The van der Waals surface area contributed by atoms with E-state index in [4.69, 9.17) is 0 Å². The molecule has 0 radical (unpaired) electrons. The van der Waals surface area contributed by atoms with Crippen molar-refractivity contribution in [2.45, 2.75) is 25.6 Å². The minimum absolute atomic E-state index is 0.182. The topological polar surface area (TPSA) is 69.6 Å². The standard InChI is InChI=1S/C17H24N2O3S/c1-12-6-15(16(20)21)10-19(9-12)17(22)18-8-13-4-3-5-14(7-13)11-23-2/h3-5,7,12,15H,6,8-11H2,1-2H3,(H,18,22)(H,20,21). The summed E-state index contributed by atoms with van der Waals surface area (Å²) in [5.41, 5.74) is 2.30. The molecule has 1 saturated heterocycles. The van der Waals surface area contributed by atoms with Crippen LogP contribution in [0.1, 0.15) is 24.5 Å². The van der Waals surface area contributed by atoms with E-state index in [1.54, 1.807) is 16.7 Å². The quantitative estimate of drug-likeness (QED) is 0.867. The molecule has 1 aromatic carbocycles. The number of benzene rings is 1. The van der Waals surface area contributed by atoms with Gasteiger partial charge < -0.3 is 15.3 Å². The highest BCUT2D eigenvalue weighted by atomic mass is 32.2. The predicted molar refractivity (Wildman–Crippen MR) is 92.4 cm³/mol. The first kappa shape index (κ1) is 17.7. The Hall–Kier alpha value is -1.69. The van der Waals surface area contributed by atoms with E-state index in [0.717, 1.165) is 11.3 Å². The van der Waals surface area contributed by atoms with E-state index in [9.17, 15) is 14.7 Å². The van der Waals surface area contributed by atoms with Gasteiger partial charge in [0.05, 0.1) is 5.92 Å². The fraction of sp³-hybridized carbons (Fsp3) is 0.529. The normalized spacial score (nSPS) is 21.0. The number of nitrogens with zero attached hydrogens (tertiary/aromatic N) is 1. The molecule has 0 aliphatic carbocycles. The maximum absolute atomic E-state index is 12.3. The average molecular weight is 336 g/mol. The van der Waals surface area contributed by atoms with Crippen LogP contribution in [0, 0.1) is 11.8 Å². The van der Waals surface area contributed by atoms with Crippen molar-refractivity contribution in [3.63, 3.8) is 0 Å². The van der Waals surface area contributed by atoms with Crippen molar-refractivity contribution < 1.29 is 14.7 Å². The lowest BCUT2D eigenvalue weighted by Gasteiger charge is -2.34. The Morgan fingerprint density at radius 1 is 1.35 bits per heavy atom. The molecule has 1 aliphatic rings. The van der Waals surface area contributed by atoms with Crippen molar-refractivity contribution in [2.75, 3.05) is 19.3 Å². The molecule has 0 bridgehead atoms. The Morgan fingerprint density at radius 2 is 2.09 bits per heavy atom. The number of hydrogen-bond donors (Lipinski definition) is 2. The molecule has 1 aromatic rings. The van der Waals surface area contributed by atoms with Gasteiger partial charge in [0.25, 0.3) is 0 Å². The maximum atomic E-state index is 12.3. The summed E-state index contributed by atoms with van der Waals surface area (Å²) in [6.45, 7) is 3.35. The van der Waals surface area contributed by atoms with Gasteiger partial charge in [-0.25, -0.2) is 4.79 Å². The number of amides is 2. The van der Waals surface area contributed by atoms with Crippen LogP contribution in [0.4, 0.5) is 4.79 Å². The molecule has 2 amide bonds. The van der Waals surface area contributed by atoms with Crippen LogP contribution in [0.2, 0.25) is 0 Å². The van der Waals surface area contributed by atoms with E-state index in [1.165, 1.54) is 5.56 Å². The first-order chi connectivity index (χ1) is 11.0. The summed E-state index contributed by atoms with van der Waals surface area (Å²) in [5.74, 6) is -0.125. The molecule has 1 aliphatic heterocycles. The fourth-order valence-corrected chi connectivity index (χ4v) is 3.49. The van der Waals surface area contributed by atoms with E-state index in [-0.39, 0.29) is 18.5 Å². The summed E-state index contributed by atoms with van der Waals surface area (Å²) >= 11 is 1.76. The number of hydrogen-bond acceptors (Lipinski definition) is 3. The highest BCUT2D eigenvalue weighted by molar-refractivity contribution is 7.97. The van der Waals surface area contributed by atoms with Crippen LogP contribution in [0.15, 0.2) is 24.3 Å². The van der Waals surface area contributed by atoms with Gasteiger partial charge in [-0.3, -0.25) is 4.79 Å². The summed E-state index contributed by atoms with van der Waals surface area (Å²) in [6, 6.07) is 7.97. The fourth-order valence-electron chi connectivity index (χ4n) is 2.98. The van der Waals surface area contributed by atoms with Crippen LogP contribution < -0.4 is 5.32 Å². The van der Waals surface area contributed by atoms with Crippen molar-refractivity contribution in [3.8, 4) is 0 Å². The third kappa shape index (κ3) is 5.16. The number of carbonyl (C=O) groups excluding carboxylic acids is 1. The average Bonchev–Trinajstić information content (AvgIpc) is 2.52. The first-order valence-electron chi connectivity index (χ1n) is 7.82. The van der Waals surface area contributed by atoms with Gasteiger partial charge in [-0.2, -0.15) is 11.8 Å². The van der Waals surface area contributed by atoms with Gasteiger partial charge in [0.15, 0.2) is 0 Å². The molecule has 2 N–H and O–H groups in total. The molecule has 1 heterocycles. The van der Waals surface area contributed by atoms with Crippen LogP contribution >= 0.6 is 11.8 Å². The lowest BCUT2D eigenvalue weighted by Crippen LogP contribution is -2.49. The molecular weight excluding hydrogens is 312 g/mol. The number of piperidine rings is 1. The number of carbonyl (C=O) groups is 2. The molecule has 0 saturated carbocycles.